The quantitative estimate of drug-likeness (QED) is 0.154. The largest absolute Gasteiger partial charge is 0.456 e. The van der Waals surface area contributed by atoms with Crippen molar-refractivity contribution in [3.8, 4) is 56.4 Å². The Labute approximate surface area is 347 Å². The van der Waals surface area contributed by atoms with Crippen LogP contribution in [0.15, 0.2) is 223 Å². The van der Waals surface area contributed by atoms with E-state index in [0.717, 1.165) is 77.9 Å². The molecule has 5 nitrogen and oxygen atoms in total. The third-order valence-corrected chi connectivity index (χ3v) is 11.1. The fourth-order valence-electron chi connectivity index (χ4n) is 8.20. The lowest BCUT2D eigenvalue weighted by atomic mass is 10.00. The highest BCUT2D eigenvalue weighted by atomic mass is 16.3. The molecular weight excluding hydrogens is 733 g/mol. The van der Waals surface area contributed by atoms with E-state index in [1.165, 1.54) is 10.8 Å². The number of anilines is 3. The van der Waals surface area contributed by atoms with Gasteiger partial charge in [0, 0.05) is 50.5 Å². The van der Waals surface area contributed by atoms with Gasteiger partial charge in [0.15, 0.2) is 17.5 Å². The van der Waals surface area contributed by atoms with E-state index in [9.17, 15) is 0 Å². The Bertz CT molecular complexity index is 3310. The van der Waals surface area contributed by atoms with Crippen LogP contribution in [0.1, 0.15) is 0 Å². The number of para-hydroxylation sites is 2. The summed E-state index contributed by atoms with van der Waals surface area (Å²) < 4.78 is 6.71. The maximum Gasteiger partial charge on any atom is 0.164 e. The van der Waals surface area contributed by atoms with Gasteiger partial charge in [0.1, 0.15) is 11.2 Å². The second-order valence-corrected chi connectivity index (χ2v) is 14.8. The van der Waals surface area contributed by atoms with Gasteiger partial charge in [-0.1, -0.05) is 170 Å². The molecule has 0 spiro atoms. The van der Waals surface area contributed by atoms with Crippen LogP contribution in [0.4, 0.5) is 17.1 Å². The Hall–Kier alpha value is -8.15. The zero-order valence-electron chi connectivity index (χ0n) is 32.5. The molecule has 0 unspecified atom stereocenters. The number of fused-ring (bicyclic) bond motifs is 4. The number of rotatable bonds is 8. The van der Waals surface area contributed by atoms with Crippen molar-refractivity contribution in [2.75, 3.05) is 4.90 Å². The first-order valence-electron chi connectivity index (χ1n) is 20.1. The van der Waals surface area contributed by atoms with E-state index in [4.69, 9.17) is 19.4 Å². The molecule has 0 saturated carbocycles. The maximum absolute atomic E-state index is 6.71. The van der Waals surface area contributed by atoms with E-state index in [2.05, 4.69) is 175 Å². The second kappa shape index (κ2) is 15.0. The molecule has 2 aromatic heterocycles. The highest BCUT2D eigenvalue weighted by Crippen LogP contribution is 2.44. The first-order chi connectivity index (χ1) is 29.7. The molecule has 0 amide bonds. The summed E-state index contributed by atoms with van der Waals surface area (Å²) in [6, 6.07) is 75.7. The van der Waals surface area contributed by atoms with E-state index in [1.807, 2.05) is 48.5 Å². The van der Waals surface area contributed by atoms with Crippen LogP contribution in [0.2, 0.25) is 0 Å². The van der Waals surface area contributed by atoms with Gasteiger partial charge in [-0.3, -0.25) is 0 Å². The topological polar surface area (TPSA) is 55.1 Å². The van der Waals surface area contributed by atoms with Crippen LogP contribution in [0.5, 0.6) is 0 Å². The zero-order valence-corrected chi connectivity index (χ0v) is 32.5. The van der Waals surface area contributed by atoms with E-state index in [-0.39, 0.29) is 0 Å². The van der Waals surface area contributed by atoms with Gasteiger partial charge < -0.3 is 9.32 Å². The summed E-state index contributed by atoms with van der Waals surface area (Å²) in [6.07, 6.45) is 0. The fraction of sp³-hybridized carbons (Fsp3) is 0. The fourth-order valence-corrected chi connectivity index (χ4v) is 8.20. The molecule has 0 radical (unpaired) electrons. The smallest absolute Gasteiger partial charge is 0.164 e. The summed E-state index contributed by atoms with van der Waals surface area (Å²) in [5, 5.41) is 4.38. The highest BCUT2D eigenvalue weighted by Gasteiger charge is 2.21. The Morgan fingerprint density at radius 1 is 0.333 bits per heavy atom. The molecule has 0 atom stereocenters. The first kappa shape index (κ1) is 35.0. The van der Waals surface area contributed by atoms with Crippen LogP contribution in [0.3, 0.4) is 0 Å². The highest BCUT2D eigenvalue weighted by molar-refractivity contribution is 6.12. The van der Waals surface area contributed by atoms with Crippen LogP contribution in [-0.2, 0) is 0 Å². The van der Waals surface area contributed by atoms with Gasteiger partial charge in [0.2, 0.25) is 0 Å². The van der Waals surface area contributed by atoms with E-state index in [1.54, 1.807) is 0 Å². The molecule has 2 heterocycles. The minimum atomic E-state index is 0.581. The molecule has 0 aliphatic carbocycles. The molecular formula is C55H36N4O. The normalized spacial score (nSPS) is 11.3. The zero-order chi connectivity index (χ0) is 39.8. The third kappa shape index (κ3) is 6.45. The molecule has 0 bridgehead atoms. The Morgan fingerprint density at radius 2 is 0.917 bits per heavy atom. The lowest BCUT2D eigenvalue weighted by Gasteiger charge is -2.27. The molecule has 11 rings (SSSR count). The second-order valence-electron chi connectivity index (χ2n) is 14.8. The first-order valence-corrected chi connectivity index (χ1v) is 20.1. The van der Waals surface area contributed by atoms with Gasteiger partial charge in [0.25, 0.3) is 0 Å². The predicted molar refractivity (Wildman–Crippen MR) is 246 cm³/mol. The van der Waals surface area contributed by atoms with Crippen LogP contribution >= 0.6 is 0 Å². The molecule has 60 heavy (non-hydrogen) atoms. The van der Waals surface area contributed by atoms with Crippen LogP contribution < -0.4 is 4.90 Å². The maximum atomic E-state index is 6.71. The van der Waals surface area contributed by atoms with Crippen molar-refractivity contribution in [3.63, 3.8) is 0 Å². The molecule has 9 aromatic carbocycles. The van der Waals surface area contributed by atoms with Crippen LogP contribution in [0, 0.1) is 0 Å². The van der Waals surface area contributed by atoms with Crippen molar-refractivity contribution < 1.29 is 4.42 Å². The molecule has 0 saturated heterocycles. The lowest BCUT2D eigenvalue weighted by Crippen LogP contribution is -2.11. The average molecular weight is 769 g/mol. The van der Waals surface area contributed by atoms with Crippen molar-refractivity contribution in [3.05, 3.63) is 218 Å². The number of furan rings is 1. The summed E-state index contributed by atoms with van der Waals surface area (Å²) in [5.41, 5.74) is 11.9. The van der Waals surface area contributed by atoms with Crippen molar-refractivity contribution in [2.45, 2.75) is 0 Å². The van der Waals surface area contributed by atoms with E-state index >= 15 is 0 Å². The Balaban J connectivity index is 1.03. The Morgan fingerprint density at radius 3 is 1.68 bits per heavy atom. The van der Waals surface area contributed by atoms with Crippen LogP contribution in [0.25, 0.3) is 89.1 Å². The van der Waals surface area contributed by atoms with Crippen molar-refractivity contribution in [1.82, 2.24) is 15.0 Å². The summed E-state index contributed by atoms with van der Waals surface area (Å²) in [7, 11) is 0. The summed E-state index contributed by atoms with van der Waals surface area (Å²) in [5.74, 6) is 1.79. The summed E-state index contributed by atoms with van der Waals surface area (Å²) in [4.78, 5) is 17.6. The number of hydrogen-bond donors (Lipinski definition) is 0. The van der Waals surface area contributed by atoms with Gasteiger partial charge in [-0.2, -0.15) is 0 Å². The van der Waals surface area contributed by atoms with Crippen molar-refractivity contribution >= 4 is 49.8 Å². The molecule has 0 aliphatic heterocycles. The van der Waals surface area contributed by atoms with Gasteiger partial charge in [-0.05, 0) is 69.9 Å². The van der Waals surface area contributed by atoms with Crippen molar-refractivity contribution in [1.29, 1.82) is 0 Å². The number of aromatic nitrogens is 3. The molecule has 5 heteroatoms. The van der Waals surface area contributed by atoms with Gasteiger partial charge in [-0.25, -0.2) is 15.0 Å². The van der Waals surface area contributed by atoms with E-state index in [0.29, 0.717) is 17.5 Å². The molecule has 0 aliphatic rings. The minimum Gasteiger partial charge on any atom is -0.456 e. The number of benzene rings is 9. The SMILES string of the molecule is c1ccc(-c2nc(-c3ccc(-c4ccc5ccccc5c4)cc3)nc(-c3cccc4oc5cc(N(c6ccccc6)c6ccccc6-c6ccccc6)ccc5c34)n2)cc1. The predicted octanol–water partition coefficient (Wildman–Crippen LogP) is 14.7. The minimum absolute atomic E-state index is 0.581. The number of nitrogens with zero attached hydrogens (tertiary/aromatic N) is 4. The van der Waals surface area contributed by atoms with E-state index < -0.39 is 0 Å². The standard InChI is InChI=1S/C55H36N4O/c1-4-16-39(17-5-1)46-23-12-13-25-49(46)59(44-21-8-3-9-22-44)45-33-34-47-51(36-45)60-50-26-14-24-48(52(47)50)55-57-53(40-18-6-2-7-19-40)56-54(58-55)41-30-27-38(28-31-41)43-32-29-37-15-10-11-20-42(37)35-43/h1-36H. The molecule has 11 aromatic rings. The summed E-state index contributed by atoms with van der Waals surface area (Å²) in [6.45, 7) is 0. The third-order valence-electron chi connectivity index (χ3n) is 11.1. The molecule has 0 fully saturated rings. The van der Waals surface area contributed by atoms with Gasteiger partial charge in [-0.15, -0.1) is 0 Å². The Kier molecular flexibility index (Phi) is 8.75. The average Bonchev–Trinajstić information content (AvgIpc) is 3.71. The molecule has 0 N–H and O–H groups in total. The van der Waals surface area contributed by atoms with Gasteiger partial charge >= 0.3 is 0 Å². The van der Waals surface area contributed by atoms with Gasteiger partial charge in [0.05, 0.1) is 5.69 Å². The lowest BCUT2D eigenvalue weighted by molar-refractivity contribution is 0.669. The van der Waals surface area contributed by atoms with Crippen LogP contribution in [-0.4, -0.2) is 15.0 Å². The van der Waals surface area contributed by atoms with Crippen molar-refractivity contribution in [2.24, 2.45) is 0 Å². The number of hydrogen-bond acceptors (Lipinski definition) is 5. The summed E-state index contributed by atoms with van der Waals surface area (Å²) >= 11 is 0. The monoisotopic (exact) mass is 768 g/mol. The molecule has 282 valence electrons.